The van der Waals surface area contributed by atoms with Gasteiger partial charge in [0.05, 0.1) is 13.0 Å². The number of aliphatic hydroxyl groups excluding tert-OH is 1. The SMILES string of the molecule is [2H]OC[C@H]1O[C@@H](n2cc(C)c(=O)[nH]c2=O)C[C@H]1OC(=O)CCC(=O)[O-]. The van der Waals surface area contributed by atoms with Gasteiger partial charge in [-0.3, -0.25) is 19.1 Å². The van der Waals surface area contributed by atoms with Crippen molar-refractivity contribution in [3.8, 4) is 0 Å². The Morgan fingerprint density at radius 2 is 2.29 bits per heavy atom. The van der Waals surface area contributed by atoms with E-state index in [0.29, 0.717) is 5.56 Å². The van der Waals surface area contributed by atoms with Crippen LogP contribution in [0.25, 0.3) is 0 Å². The first kappa shape index (κ1) is 16.4. The molecular weight excluding hydrogens is 324 g/mol. The number of aliphatic carboxylic acids is 1. The number of ether oxygens (including phenoxy) is 2. The second-order valence-electron chi connectivity index (χ2n) is 5.41. The van der Waals surface area contributed by atoms with Crippen molar-refractivity contribution in [2.24, 2.45) is 0 Å². The molecule has 1 aromatic rings. The Labute approximate surface area is 137 Å². The third-order valence-corrected chi connectivity index (χ3v) is 3.62. The van der Waals surface area contributed by atoms with Gasteiger partial charge in [0, 0.05) is 24.2 Å². The number of carboxylic acid groups (broad SMARTS) is 1. The summed E-state index contributed by atoms with van der Waals surface area (Å²) < 4.78 is 18.7. The van der Waals surface area contributed by atoms with Gasteiger partial charge in [-0.1, -0.05) is 0 Å². The third-order valence-electron chi connectivity index (χ3n) is 3.62. The summed E-state index contributed by atoms with van der Waals surface area (Å²) in [5, 5.41) is 14.7. The zero-order valence-electron chi connectivity index (χ0n) is 13.9. The molecule has 0 aromatic carbocycles. The number of hydrogen-bond donors (Lipinski definition) is 2. The fourth-order valence-electron chi connectivity index (χ4n) is 2.38. The van der Waals surface area contributed by atoms with Gasteiger partial charge in [-0.05, 0) is 13.3 Å². The highest BCUT2D eigenvalue weighted by molar-refractivity contribution is 5.75. The van der Waals surface area contributed by atoms with Crippen molar-refractivity contribution in [1.82, 2.24) is 9.55 Å². The Morgan fingerprint density at radius 1 is 1.54 bits per heavy atom. The molecule has 0 spiro atoms. The summed E-state index contributed by atoms with van der Waals surface area (Å²) in [5.74, 6) is -2.14. The molecule has 2 N–H and O–H groups in total. The maximum atomic E-state index is 11.9. The minimum atomic E-state index is -1.38. The van der Waals surface area contributed by atoms with Crippen LogP contribution in [0.1, 0.15) is 31.1 Å². The number of carbonyl (C=O) groups excluding carboxylic acids is 2. The van der Waals surface area contributed by atoms with E-state index in [1.807, 2.05) is 0 Å². The lowest BCUT2D eigenvalue weighted by molar-refractivity contribution is -0.305. The first-order valence-electron chi connectivity index (χ1n) is 7.67. The number of H-pyrrole nitrogens is 1. The lowest BCUT2D eigenvalue weighted by atomic mass is 10.2. The van der Waals surface area contributed by atoms with E-state index in [1.54, 1.807) is 0 Å². The molecule has 0 amide bonds. The molecule has 1 aliphatic rings. The second kappa shape index (κ2) is 7.41. The van der Waals surface area contributed by atoms with E-state index in [2.05, 4.69) is 10.1 Å². The molecule has 2 rings (SSSR count). The van der Waals surface area contributed by atoms with Crippen molar-refractivity contribution in [3.05, 3.63) is 32.6 Å². The number of carbonyl (C=O) groups is 2. The maximum Gasteiger partial charge on any atom is 0.330 e. The van der Waals surface area contributed by atoms with E-state index in [4.69, 9.17) is 10.9 Å². The van der Waals surface area contributed by atoms with Crippen molar-refractivity contribution >= 4 is 11.9 Å². The van der Waals surface area contributed by atoms with E-state index in [9.17, 15) is 24.3 Å². The summed E-state index contributed by atoms with van der Waals surface area (Å²) >= 11 is 0. The van der Waals surface area contributed by atoms with Crippen LogP contribution in [0.5, 0.6) is 0 Å². The lowest BCUT2D eigenvalue weighted by Crippen LogP contribution is -2.33. The number of hydrogen-bond acceptors (Lipinski definition) is 8. The Balaban J connectivity index is 2.13. The molecule has 1 fully saturated rings. The minimum Gasteiger partial charge on any atom is -0.550 e. The molecule has 0 saturated carbocycles. The molecule has 3 atom stereocenters. The highest BCUT2D eigenvalue weighted by Crippen LogP contribution is 2.30. The summed E-state index contributed by atoms with van der Waals surface area (Å²) in [6.07, 6.45) is -1.91. The van der Waals surface area contributed by atoms with Crippen LogP contribution in [0, 0.1) is 6.92 Å². The van der Waals surface area contributed by atoms with Gasteiger partial charge in [-0.2, -0.15) is 0 Å². The van der Waals surface area contributed by atoms with Crippen molar-refractivity contribution in [3.63, 3.8) is 0 Å². The Hall–Kier alpha value is -2.46. The van der Waals surface area contributed by atoms with Crippen LogP contribution in [0.2, 0.25) is 0 Å². The molecule has 0 bridgehead atoms. The third kappa shape index (κ3) is 4.09. The number of esters is 1. The van der Waals surface area contributed by atoms with Gasteiger partial charge < -0.3 is 24.5 Å². The number of nitrogens with zero attached hydrogens (tertiary/aromatic N) is 1. The van der Waals surface area contributed by atoms with Crippen molar-refractivity contribution in [2.45, 2.75) is 44.6 Å². The first-order chi connectivity index (χ1) is 11.8. The van der Waals surface area contributed by atoms with Gasteiger partial charge in [0.25, 0.3) is 5.56 Å². The molecule has 10 nitrogen and oxygen atoms in total. The van der Waals surface area contributed by atoms with Gasteiger partial charge in [-0.25, -0.2) is 4.79 Å². The molecule has 10 heteroatoms. The molecule has 0 aliphatic carbocycles. The van der Waals surface area contributed by atoms with E-state index >= 15 is 0 Å². The van der Waals surface area contributed by atoms with E-state index in [0.717, 1.165) is 4.57 Å². The van der Waals surface area contributed by atoms with Crippen LogP contribution in [0.3, 0.4) is 0 Å². The number of aryl methyl sites for hydroxylation is 1. The number of carboxylic acids is 1. The Kier molecular flexibility index (Phi) is 5.06. The average molecular weight is 342 g/mol. The molecule has 132 valence electrons. The molecule has 1 aliphatic heterocycles. The van der Waals surface area contributed by atoms with Crippen LogP contribution in [-0.2, 0) is 19.1 Å². The predicted octanol–water partition coefficient (Wildman–Crippen LogP) is -2.43. The predicted molar refractivity (Wildman–Crippen MR) is 75.8 cm³/mol. The van der Waals surface area contributed by atoms with Gasteiger partial charge in [0.1, 0.15) is 18.4 Å². The normalized spacial score (nSPS) is 23.7. The fraction of sp³-hybridized carbons (Fsp3) is 0.571. The number of aromatic nitrogens is 2. The first-order valence-corrected chi connectivity index (χ1v) is 7.26. The zero-order valence-corrected chi connectivity index (χ0v) is 12.9. The lowest BCUT2D eigenvalue weighted by Gasteiger charge is -2.16. The average Bonchev–Trinajstić information content (AvgIpc) is 2.92. The molecule has 0 radical (unpaired) electrons. The minimum absolute atomic E-state index is 0.0798. The summed E-state index contributed by atoms with van der Waals surface area (Å²) in [5.41, 5.74) is -0.906. The van der Waals surface area contributed by atoms with Crippen molar-refractivity contribution in [1.29, 1.82) is 1.43 Å². The monoisotopic (exact) mass is 342 g/mol. The quantitative estimate of drug-likeness (QED) is 0.519. The van der Waals surface area contributed by atoms with Crippen LogP contribution in [0.15, 0.2) is 15.8 Å². The van der Waals surface area contributed by atoms with Crippen LogP contribution >= 0.6 is 0 Å². The molecule has 24 heavy (non-hydrogen) atoms. The second-order valence-corrected chi connectivity index (χ2v) is 5.41. The smallest absolute Gasteiger partial charge is 0.330 e. The molecular formula is C14H17N2O8-. The zero-order chi connectivity index (χ0) is 18.6. The molecule has 0 unspecified atom stereocenters. The van der Waals surface area contributed by atoms with E-state index < -0.39 is 48.0 Å². The van der Waals surface area contributed by atoms with E-state index in [-0.39, 0.29) is 19.4 Å². The van der Waals surface area contributed by atoms with Gasteiger partial charge in [0.2, 0.25) is 1.43 Å². The van der Waals surface area contributed by atoms with Crippen LogP contribution in [-0.4, -0.2) is 46.8 Å². The number of aliphatic hydroxyl groups is 1. The Bertz CT molecular complexity index is 758. The van der Waals surface area contributed by atoms with Gasteiger partial charge in [-0.15, -0.1) is 0 Å². The largest absolute Gasteiger partial charge is 0.550 e. The highest BCUT2D eigenvalue weighted by atomic mass is 16.6. The van der Waals surface area contributed by atoms with Gasteiger partial charge >= 0.3 is 11.7 Å². The summed E-state index contributed by atoms with van der Waals surface area (Å²) in [6.45, 7) is 1.30. The van der Waals surface area contributed by atoms with Gasteiger partial charge in [0.15, 0.2) is 0 Å². The molecule has 1 saturated heterocycles. The topological polar surface area (TPSA) is 151 Å². The van der Waals surface area contributed by atoms with Crippen LogP contribution in [0.4, 0.5) is 0 Å². The fourth-order valence-corrected chi connectivity index (χ4v) is 2.38. The number of aromatic amines is 1. The van der Waals surface area contributed by atoms with E-state index in [1.165, 1.54) is 13.1 Å². The summed E-state index contributed by atoms with van der Waals surface area (Å²) in [4.78, 5) is 47.6. The number of nitrogens with one attached hydrogen (secondary N) is 1. The summed E-state index contributed by atoms with van der Waals surface area (Å²) in [7, 11) is 0. The maximum absolute atomic E-state index is 11.9. The standard InChI is InChI=1S/C14H18N2O8/c1-7-5-16(14(22)15-13(7)21)10-4-8(9(6-17)23-10)24-12(20)3-2-11(18)19/h5,8-10,17H,2-4,6H2,1H3,(H,18,19)(H,15,21,22)/p-1/t8-,9-,10-/m1/s1/i17D. The molecule has 2 heterocycles. The van der Waals surface area contributed by atoms with Crippen LogP contribution < -0.4 is 16.4 Å². The van der Waals surface area contributed by atoms with Crippen molar-refractivity contribution < 1.29 is 29.3 Å². The summed E-state index contributed by atoms with van der Waals surface area (Å²) in [6, 6.07) is 0. The Morgan fingerprint density at radius 3 is 2.96 bits per heavy atom. The number of rotatable bonds is 7. The van der Waals surface area contributed by atoms with Crippen molar-refractivity contribution in [2.75, 3.05) is 6.61 Å². The molecule has 1 aromatic heterocycles. The highest BCUT2D eigenvalue weighted by Gasteiger charge is 2.38.